The Hall–Kier alpha value is -0.690. The number of fused-ring (bicyclic) bond motifs is 2. The first-order valence-corrected chi connectivity index (χ1v) is 6.18. The second-order valence-corrected chi connectivity index (χ2v) is 5.55. The van der Waals surface area contributed by atoms with Crippen LogP contribution >= 0.6 is 0 Å². The maximum atomic E-state index is 11.5. The van der Waals surface area contributed by atoms with Crippen molar-refractivity contribution < 1.29 is 28.8 Å². The van der Waals surface area contributed by atoms with Gasteiger partial charge in [0.25, 0.3) is 0 Å². The maximum Gasteiger partial charge on any atom is 0.311 e. The number of hydrogen-bond acceptors (Lipinski definition) is 6. The van der Waals surface area contributed by atoms with Crippen LogP contribution < -0.4 is 0 Å². The van der Waals surface area contributed by atoms with Crippen molar-refractivity contribution in [2.24, 2.45) is 11.8 Å². The molecule has 2 aliphatic heterocycles. The Bertz CT molecular complexity index is 368. The fourth-order valence-electron chi connectivity index (χ4n) is 2.96. The molecule has 6 atom stereocenters. The van der Waals surface area contributed by atoms with E-state index in [0.29, 0.717) is 6.61 Å². The summed E-state index contributed by atoms with van der Waals surface area (Å²) in [4.78, 5) is 11.5. The van der Waals surface area contributed by atoms with Crippen molar-refractivity contribution in [3.8, 4) is 0 Å². The Balaban J connectivity index is 1.75. The summed E-state index contributed by atoms with van der Waals surface area (Å²) in [5.41, 5.74) is 0. The van der Waals surface area contributed by atoms with Gasteiger partial charge in [-0.3, -0.25) is 4.79 Å². The molecule has 0 amide bonds. The topological polar surface area (TPSA) is 74.2 Å². The van der Waals surface area contributed by atoms with E-state index in [9.17, 15) is 9.90 Å². The summed E-state index contributed by atoms with van der Waals surface area (Å²) in [5, 5.41) is 10.3. The van der Waals surface area contributed by atoms with Crippen molar-refractivity contribution in [2.75, 3.05) is 13.7 Å². The second kappa shape index (κ2) is 3.90. The van der Waals surface area contributed by atoms with Crippen LogP contribution in [0.25, 0.3) is 0 Å². The number of methoxy groups -OCH3 is 1. The molecular weight excluding hydrogens is 240 g/mol. The van der Waals surface area contributed by atoms with Crippen molar-refractivity contribution in [2.45, 2.75) is 44.1 Å². The third kappa shape index (κ3) is 1.75. The van der Waals surface area contributed by atoms with E-state index in [2.05, 4.69) is 0 Å². The van der Waals surface area contributed by atoms with Crippen molar-refractivity contribution in [1.82, 2.24) is 0 Å². The van der Waals surface area contributed by atoms with E-state index in [4.69, 9.17) is 18.9 Å². The van der Waals surface area contributed by atoms with Crippen LogP contribution in [-0.4, -0.2) is 55.0 Å². The van der Waals surface area contributed by atoms with Crippen molar-refractivity contribution in [3.05, 3.63) is 0 Å². The lowest BCUT2D eigenvalue weighted by Gasteiger charge is -2.44. The highest BCUT2D eigenvalue weighted by atomic mass is 16.7. The average molecular weight is 258 g/mol. The molecule has 6 nitrogen and oxygen atoms in total. The van der Waals surface area contributed by atoms with Crippen LogP contribution in [0.4, 0.5) is 0 Å². The Morgan fingerprint density at radius 2 is 2.11 bits per heavy atom. The van der Waals surface area contributed by atoms with Gasteiger partial charge in [-0.05, 0) is 13.8 Å². The summed E-state index contributed by atoms with van der Waals surface area (Å²) in [6, 6.07) is 0. The molecule has 0 spiro atoms. The lowest BCUT2D eigenvalue weighted by atomic mass is 9.99. The Morgan fingerprint density at radius 1 is 1.39 bits per heavy atom. The normalized spacial score (nSPS) is 48.9. The molecule has 18 heavy (non-hydrogen) atoms. The summed E-state index contributed by atoms with van der Waals surface area (Å²) < 4.78 is 21.7. The van der Waals surface area contributed by atoms with E-state index in [0.717, 1.165) is 0 Å². The molecule has 0 aromatic carbocycles. The Labute approximate surface area is 105 Å². The number of rotatable bonds is 1. The Morgan fingerprint density at radius 3 is 2.78 bits per heavy atom. The first-order chi connectivity index (χ1) is 8.44. The number of carbonyl (C=O) groups excluding carboxylic acids is 1. The lowest BCUT2D eigenvalue weighted by Crippen LogP contribution is -2.57. The number of aliphatic hydroxyl groups is 1. The van der Waals surface area contributed by atoms with Crippen LogP contribution in [0, 0.1) is 11.8 Å². The molecule has 3 rings (SSSR count). The van der Waals surface area contributed by atoms with Crippen LogP contribution in [0.5, 0.6) is 0 Å². The number of hydrogen-bond donors (Lipinski definition) is 1. The van der Waals surface area contributed by atoms with E-state index in [1.165, 1.54) is 7.11 Å². The predicted molar refractivity (Wildman–Crippen MR) is 58.6 cm³/mol. The lowest BCUT2D eigenvalue weighted by molar-refractivity contribution is -0.337. The largest absolute Gasteiger partial charge is 0.469 e. The maximum absolute atomic E-state index is 11.5. The fraction of sp³-hybridized carbons (Fsp3) is 0.917. The number of aliphatic hydroxyl groups excluding tert-OH is 1. The first-order valence-electron chi connectivity index (χ1n) is 6.18. The van der Waals surface area contributed by atoms with Gasteiger partial charge in [0.05, 0.1) is 31.8 Å². The summed E-state index contributed by atoms with van der Waals surface area (Å²) >= 11 is 0. The smallest absolute Gasteiger partial charge is 0.311 e. The van der Waals surface area contributed by atoms with Gasteiger partial charge in [-0.25, -0.2) is 0 Å². The highest BCUT2D eigenvalue weighted by molar-refractivity contribution is 5.77. The number of ether oxygens (including phenoxy) is 4. The molecule has 3 fully saturated rings. The first kappa shape index (κ1) is 12.3. The Kier molecular flexibility index (Phi) is 2.68. The van der Waals surface area contributed by atoms with E-state index >= 15 is 0 Å². The SMILES string of the molecule is COC(=O)C1C2O[C@@H]3COC(C)(C)O[C@H]3[C@H](O)C21. The van der Waals surface area contributed by atoms with Gasteiger partial charge in [0.15, 0.2) is 5.79 Å². The van der Waals surface area contributed by atoms with Gasteiger partial charge < -0.3 is 24.1 Å². The summed E-state index contributed by atoms with van der Waals surface area (Å²) in [7, 11) is 1.34. The molecule has 2 heterocycles. The molecule has 1 aliphatic carbocycles. The third-order valence-electron chi connectivity index (χ3n) is 3.92. The van der Waals surface area contributed by atoms with E-state index in [-0.39, 0.29) is 30.0 Å². The van der Waals surface area contributed by atoms with Gasteiger partial charge in [0.2, 0.25) is 0 Å². The van der Waals surface area contributed by atoms with Crippen LogP contribution in [0.1, 0.15) is 13.8 Å². The molecule has 3 unspecified atom stereocenters. The monoisotopic (exact) mass is 258 g/mol. The zero-order valence-corrected chi connectivity index (χ0v) is 10.7. The van der Waals surface area contributed by atoms with Crippen molar-refractivity contribution in [1.29, 1.82) is 0 Å². The number of esters is 1. The zero-order valence-electron chi connectivity index (χ0n) is 10.7. The summed E-state index contributed by atoms with van der Waals surface area (Å²) in [5.74, 6) is -1.65. The van der Waals surface area contributed by atoms with Gasteiger partial charge in [-0.1, -0.05) is 0 Å². The predicted octanol–water partition coefficient (Wildman–Crippen LogP) is -0.315. The van der Waals surface area contributed by atoms with Crippen LogP contribution in [-0.2, 0) is 23.7 Å². The fourth-order valence-corrected chi connectivity index (χ4v) is 2.96. The van der Waals surface area contributed by atoms with Gasteiger partial charge in [-0.2, -0.15) is 0 Å². The van der Waals surface area contributed by atoms with Crippen LogP contribution in [0.3, 0.4) is 0 Å². The molecule has 6 heteroatoms. The van der Waals surface area contributed by atoms with Gasteiger partial charge in [0, 0.05) is 5.92 Å². The molecule has 0 aromatic heterocycles. The minimum atomic E-state index is -0.728. The van der Waals surface area contributed by atoms with Crippen molar-refractivity contribution in [3.63, 3.8) is 0 Å². The molecule has 3 aliphatic rings. The van der Waals surface area contributed by atoms with Gasteiger partial charge >= 0.3 is 5.97 Å². The van der Waals surface area contributed by atoms with Gasteiger partial charge in [-0.15, -0.1) is 0 Å². The summed E-state index contributed by atoms with van der Waals surface area (Å²) in [6.45, 7) is 3.96. The number of carbonyl (C=O) groups is 1. The average Bonchev–Trinajstić information content (AvgIpc) is 3.03. The van der Waals surface area contributed by atoms with Crippen LogP contribution in [0.15, 0.2) is 0 Å². The molecule has 1 N–H and O–H groups in total. The molecule has 2 saturated heterocycles. The molecular formula is C12H18O6. The molecule has 0 aromatic rings. The molecule has 1 saturated carbocycles. The van der Waals surface area contributed by atoms with E-state index < -0.39 is 18.0 Å². The quantitative estimate of drug-likeness (QED) is 0.650. The highest BCUT2D eigenvalue weighted by Crippen LogP contribution is 2.52. The van der Waals surface area contributed by atoms with Gasteiger partial charge in [0.1, 0.15) is 12.2 Å². The van der Waals surface area contributed by atoms with Crippen molar-refractivity contribution >= 4 is 5.97 Å². The molecule has 102 valence electrons. The standard InChI is InChI=1S/C12H18O6/c1-12(2)16-4-5-9(18-12)8(13)6-7(10(6)17-5)11(14)15-3/h5-10,13H,4H2,1-3H3/t5-,6?,7?,8-,9-,10?/m1/s1. The zero-order chi connectivity index (χ0) is 13.1. The minimum absolute atomic E-state index is 0.215. The molecule has 0 bridgehead atoms. The third-order valence-corrected chi connectivity index (χ3v) is 3.92. The second-order valence-electron chi connectivity index (χ2n) is 5.55. The van der Waals surface area contributed by atoms with Crippen LogP contribution in [0.2, 0.25) is 0 Å². The summed E-state index contributed by atoms with van der Waals surface area (Å²) in [6.07, 6.45) is -1.73. The van der Waals surface area contributed by atoms with E-state index in [1.54, 1.807) is 13.8 Å². The molecule has 0 radical (unpaired) electrons. The minimum Gasteiger partial charge on any atom is -0.469 e. The van der Waals surface area contributed by atoms with E-state index in [1.807, 2.05) is 0 Å². The highest BCUT2D eigenvalue weighted by Gasteiger charge is 2.67.